The fourth-order valence-corrected chi connectivity index (χ4v) is 2.76. The molecular weight excluding hydrogens is 288 g/mol. The smallest absolute Gasteiger partial charge is 0.307 e. The Morgan fingerprint density at radius 3 is 2.48 bits per heavy atom. The van der Waals surface area contributed by atoms with Crippen molar-refractivity contribution in [2.24, 2.45) is 0 Å². The quantitative estimate of drug-likeness (QED) is 0.407. The third kappa shape index (κ3) is 8.40. The number of esters is 1. The Morgan fingerprint density at radius 1 is 1.14 bits per heavy atom. The van der Waals surface area contributed by atoms with E-state index in [-0.39, 0.29) is 12.4 Å². The summed E-state index contributed by atoms with van der Waals surface area (Å²) in [5.74, 6) is 0.0809. The lowest BCUT2D eigenvalue weighted by Gasteiger charge is -2.04. The summed E-state index contributed by atoms with van der Waals surface area (Å²) in [5.41, 5.74) is 0.821. The fourth-order valence-electron chi connectivity index (χ4n) is 1.85. The van der Waals surface area contributed by atoms with Crippen LogP contribution in [0.15, 0.2) is 29.2 Å². The first-order valence-corrected chi connectivity index (χ1v) is 8.19. The van der Waals surface area contributed by atoms with Gasteiger partial charge in [0.15, 0.2) is 0 Å². The molecule has 0 amide bonds. The molecule has 0 aliphatic heterocycles. The molecule has 4 nitrogen and oxygen atoms in total. The summed E-state index contributed by atoms with van der Waals surface area (Å²) in [6.45, 7) is 2.27. The average Bonchev–Trinajstić information content (AvgIpc) is 2.44. The number of hydrogen-bond acceptors (Lipinski definition) is 4. The van der Waals surface area contributed by atoms with Gasteiger partial charge in [-0.2, -0.15) is 0 Å². The van der Waals surface area contributed by atoms with Crippen molar-refractivity contribution in [1.29, 1.82) is 0 Å². The SMILES string of the molecule is CCOC(=O)CCCCCSc1ccc(CC(=O)O)cc1. The molecule has 0 radical (unpaired) electrons. The second-order valence-corrected chi connectivity index (χ2v) is 5.85. The van der Waals surface area contributed by atoms with Gasteiger partial charge in [0.1, 0.15) is 0 Å². The Kier molecular flexibility index (Phi) is 8.59. The van der Waals surface area contributed by atoms with Gasteiger partial charge in [-0.05, 0) is 43.2 Å². The summed E-state index contributed by atoms with van der Waals surface area (Å²) >= 11 is 1.75. The molecule has 0 aliphatic rings. The van der Waals surface area contributed by atoms with E-state index in [4.69, 9.17) is 9.84 Å². The van der Waals surface area contributed by atoms with Crippen molar-refractivity contribution in [2.75, 3.05) is 12.4 Å². The number of carbonyl (C=O) groups is 2. The molecular formula is C16H22O4S. The minimum Gasteiger partial charge on any atom is -0.481 e. The number of benzene rings is 1. The van der Waals surface area contributed by atoms with Crippen LogP contribution in [0, 0.1) is 0 Å². The number of hydrogen-bond donors (Lipinski definition) is 1. The predicted molar refractivity (Wildman–Crippen MR) is 83.6 cm³/mol. The van der Waals surface area contributed by atoms with E-state index in [1.165, 1.54) is 0 Å². The lowest BCUT2D eigenvalue weighted by atomic mass is 10.2. The molecule has 0 aromatic heterocycles. The molecule has 1 rings (SSSR count). The zero-order valence-electron chi connectivity index (χ0n) is 12.3. The molecule has 0 unspecified atom stereocenters. The Balaban J connectivity index is 2.12. The molecule has 0 atom stereocenters. The van der Waals surface area contributed by atoms with Crippen LogP contribution < -0.4 is 0 Å². The normalized spacial score (nSPS) is 10.3. The van der Waals surface area contributed by atoms with Crippen LogP contribution in [0.3, 0.4) is 0 Å². The van der Waals surface area contributed by atoms with Crippen molar-refractivity contribution in [2.45, 2.75) is 43.9 Å². The number of unbranched alkanes of at least 4 members (excludes halogenated alkanes) is 2. The number of carboxylic acids is 1. The van der Waals surface area contributed by atoms with Gasteiger partial charge in [0.2, 0.25) is 0 Å². The van der Waals surface area contributed by atoms with Gasteiger partial charge in [0.25, 0.3) is 0 Å². The topological polar surface area (TPSA) is 63.6 Å². The van der Waals surface area contributed by atoms with E-state index < -0.39 is 5.97 Å². The van der Waals surface area contributed by atoms with Gasteiger partial charge in [-0.25, -0.2) is 0 Å². The summed E-state index contributed by atoms with van der Waals surface area (Å²) < 4.78 is 4.87. The van der Waals surface area contributed by atoms with Crippen molar-refractivity contribution in [3.63, 3.8) is 0 Å². The third-order valence-corrected chi connectivity index (χ3v) is 3.98. The van der Waals surface area contributed by atoms with Crippen molar-refractivity contribution >= 4 is 23.7 Å². The van der Waals surface area contributed by atoms with Gasteiger partial charge in [0, 0.05) is 11.3 Å². The second-order valence-electron chi connectivity index (χ2n) is 4.68. The lowest BCUT2D eigenvalue weighted by molar-refractivity contribution is -0.143. The van der Waals surface area contributed by atoms with Gasteiger partial charge >= 0.3 is 11.9 Å². The van der Waals surface area contributed by atoms with Gasteiger partial charge in [-0.15, -0.1) is 11.8 Å². The van der Waals surface area contributed by atoms with Crippen LogP contribution in [0.4, 0.5) is 0 Å². The van der Waals surface area contributed by atoms with Crippen molar-refractivity contribution in [3.05, 3.63) is 29.8 Å². The maximum Gasteiger partial charge on any atom is 0.307 e. The first-order valence-electron chi connectivity index (χ1n) is 7.21. The van der Waals surface area contributed by atoms with E-state index in [0.717, 1.165) is 35.5 Å². The van der Waals surface area contributed by atoms with Crippen LogP contribution in [-0.4, -0.2) is 29.4 Å². The number of aliphatic carboxylic acids is 1. The molecule has 0 spiro atoms. The van der Waals surface area contributed by atoms with Crippen LogP contribution in [-0.2, 0) is 20.7 Å². The van der Waals surface area contributed by atoms with Crippen molar-refractivity contribution in [3.8, 4) is 0 Å². The van der Waals surface area contributed by atoms with Gasteiger partial charge in [-0.3, -0.25) is 9.59 Å². The summed E-state index contributed by atoms with van der Waals surface area (Å²) in [4.78, 5) is 22.9. The van der Waals surface area contributed by atoms with E-state index in [9.17, 15) is 9.59 Å². The molecule has 116 valence electrons. The molecule has 1 aromatic rings. The molecule has 0 saturated carbocycles. The number of ether oxygens (including phenoxy) is 1. The summed E-state index contributed by atoms with van der Waals surface area (Å²) in [7, 11) is 0. The minimum absolute atomic E-state index is 0.0683. The molecule has 0 heterocycles. The molecule has 5 heteroatoms. The maximum atomic E-state index is 11.1. The Labute approximate surface area is 129 Å². The predicted octanol–water partition coefficient (Wildman–Crippen LogP) is 3.53. The Morgan fingerprint density at radius 2 is 1.86 bits per heavy atom. The van der Waals surface area contributed by atoms with Crippen LogP contribution in [0.25, 0.3) is 0 Å². The third-order valence-electron chi connectivity index (χ3n) is 2.88. The maximum absolute atomic E-state index is 11.1. The highest BCUT2D eigenvalue weighted by Crippen LogP contribution is 2.20. The van der Waals surface area contributed by atoms with Crippen LogP contribution in [0.2, 0.25) is 0 Å². The van der Waals surface area contributed by atoms with Gasteiger partial charge in [0.05, 0.1) is 13.0 Å². The first-order chi connectivity index (χ1) is 10.1. The number of thioether (sulfide) groups is 1. The lowest BCUT2D eigenvalue weighted by Crippen LogP contribution is -2.03. The minimum atomic E-state index is -0.808. The van der Waals surface area contributed by atoms with E-state index >= 15 is 0 Å². The Bertz CT molecular complexity index is 442. The van der Waals surface area contributed by atoms with Crippen LogP contribution in [0.5, 0.6) is 0 Å². The van der Waals surface area contributed by atoms with E-state index in [1.54, 1.807) is 11.8 Å². The molecule has 0 saturated heterocycles. The largest absolute Gasteiger partial charge is 0.481 e. The van der Waals surface area contributed by atoms with Crippen LogP contribution >= 0.6 is 11.8 Å². The molecule has 1 N–H and O–H groups in total. The zero-order valence-corrected chi connectivity index (χ0v) is 13.2. The van der Waals surface area contributed by atoms with Crippen molar-refractivity contribution in [1.82, 2.24) is 0 Å². The second kappa shape index (κ2) is 10.3. The molecule has 1 aromatic carbocycles. The summed E-state index contributed by atoms with van der Waals surface area (Å²) in [6.07, 6.45) is 3.52. The molecule has 0 fully saturated rings. The first kappa shape index (κ1) is 17.6. The molecule has 0 bridgehead atoms. The van der Waals surface area contributed by atoms with Gasteiger partial charge < -0.3 is 9.84 Å². The van der Waals surface area contributed by atoms with E-state index in [1.807, 2.05) is 31.2 Å². The Hall–Kier alpha value is -1.49. The van der Waals surface area contributed by atoms with Crippen molar-refractivity contribution < 1.29 is 19.4 Å². The zero-order chi connectivity index (χ0) is 15.5. The summed E-state index contributed by atoms with van der Waals surface area (Å²) in [6, 6.07) is 7.64. The standard InChI is InChI=1S/C16H22O4S/c1-2-20-16(19)6-4-3-5-11-21-14-9-7-13(8-10-14)12-15(17)18/h7-10H,2-6,11-12H2,1H3,(H,17,18). The molecule has 0 aliphatic carbocycles. The summed E-state index contributed by atoms with van der Waals surface area (Å²) in [5, 5.41) is 8.69. The number of carbonyl (C=O) groups excluding carboxylic acids is 1. The van der Waals surface area contributed by atoms with Gasteiger partial charge in [-0.1, -0.05) is 18.6 Å². The average molecular weight is 310 g/mol. The van der Waals surface area contributed by atoms with E-state index in [0.29, 0.717) is 13.0 Å². The highest BCUT2D eigenvalue weighted by atomic mass is 32.2. The molecule has 21 heavy (non-hydrogen) atoms. The van der Waals surface area contributed by atoms with E-state index in [2.05, 4.69) is 0 Å². The highest BCUT2D eigenvalue weighted by molar-refractivity contribution is 7.99. The number of rotatable bonds is 10. The highest BCUT2D eigenvalue weighted by Gasteiger charge is 2.02. The fraction of sp³-hybridized carbons (Fsp3) is 0.500. The van der Waals surface area contributed by atoms with Crippen LogP contribution in [0.1, 0.15) is 38.2 Å². The monoisotopic (exact) mass is 310 g/mol. The number of carboxylic acid groups (broad SMARTS) is 1.